The second kappa shape index (κ2) is 3.82. The highest BCUT2D eigenvalue weighted by atomic mass is 33.1. The van der Waals surface area contributed by atoms with E-state index in [9.17, 15) is 13.2 Å². The molecule has 1 N–H and O–H groups in total. The van der Waals surface area contributed by atoms with Gasteiger partial charge in [0, 0.05) is 0 Å². The van der Waals surface area contributed by atoms with Gasteiger partial charge >= 0.3 is 5.97 Å². The van der Waals surface area contributed by atoms with Crippen molar-refractivity contribution in [3.05, 3.63) is 6.26 Å². The quantitative estimate of drug-likeness (QED) is 0.621. The Labute approximate surface area is 62.9 Å². The molecule has 3 radical (unpaired) electrons. The van der Waals surface area contributed by atoms with Gasteiger partial charge in [0.15, 0.2) is 0 Å². The Kier molecular flexibility index (Phi) is 3.73. The van der Waals surface area contributed by atoms with Gasteiger partial charge in [-0.25, -0.2) is 8.42 Å². The Morgan fingerprint density at radius 2 is 2.10 bits per heavy atom. The van der Waals surface area contributed by atoms with Crippen LogP contribution in [0.25, 0.3) is 0 Å². The third-order valence-corrected chi connectivity index (χ3v) is 2.91. The summed E-state index contributed by atoms with van der Waals surface area (Å²) in [6.45, 7) is 0. The lowest BCUT2D eigenvalue weighted by atomic mass is 10.5. The lowest BCUT2D eigenvalue weighted by molar-refractivity contribution is -0.136. The average molecular weight is 181 g/mol. The topological polar surface area (TPSA) is 71.4 Å². The highest BCUT2D eigenvalue weighted by molar-refractivity contribution is 8.72. The van der Waals surface area contributed by atoms with Gasteiger partial charge in [-0.05, 0) is 10.8 Å². The van der Waals surface area contributed by atoms with Crippen molar-refractivity contribution in [1.29, 1.82) is 0 Å². The van der Waals surface area contributed by atoms with Gasteiger partial charge in [-0.2, -0.15) is 0 Å². The summed E-state index contributed by atoms with van der Waals surface area (Å²) in [6.07, 6.45) is 5.95. The smallest absolute Gasteiger partial charge is 0.304 e. The summed E-state index contributed by atoms with van der Waals surface area (Å²) in [5.74, 6) is -1.64. The Hall–Kier alpha value is -0.230. The summed E-state index contributed by atoms with van der Waals surface area (Å²) in [5.41, 5.74) is 0. The maximum Gasteiger partial charge on any atom is 0.304 e. The van der Waals surface area contributed by atoms with Crippen LogP contribution in [0.2, 0.25) is 0 Å². The van der Waals surface area contributed by atoms with Crippen LogP contribution in [-0.2, 0) is 13.7 Å². The first-order valence-corrected chi connectivity index (χ1v) is 5.26. The van der Waals surface area contributed by atoms with E-state index in [0.29, 0.717) is 0 Å². The highest BCUT2D eigenvalue weighted by Gasteiger charge is 2.10. The zero-order valence-corrected chi connectivity index (χ0v) is 6.54. The minimum atomic E-state index is -3.51. The molecule has 0 spiro atoms. The van der Waals surface area contributed by atoms with E-state index >= 15 is 0 Å². The Balaban J connectivity index is 3.81. The molecule has 0 heterocycles. The zero-order chi connectivity index (χ0) is 8.20. The predicted molar refractivity (Wildman–Crippen MR) is 36.9 cm³/mol. The maximum atomic E-state index is 10.4. The first-order valence-electron chi connectivity index (χ1n) is 2.27. The minimum absolute atomic E-state index is 0.0720. The zero-order valence-electron chi connectivity index (χ0n) is 4.90. The third kappa shape index (κ3) is 4.63. The van der Waals surface area contributed by atoms with E-state index in [1.165, 1.54) is 0 Å². The molecule has 0 aromatic heterocycles. The molecule has 6 heteroatoms. The monoisotopic (exact) mass is 181 g/mol. The molecular formula is C4H5O4S2. The van der Waals surface area contributed by atoms with Gasteiger partial charge in [-0.3, -0.25) is 4.79 Å². The van der Waals surface area contributed by atoms with E-state index < -0.39 is 27.0 Å². The fourth-order valence-corrected chi connectivity index (χ4v) is 1.26. The van der Waals surface area contributed by atoms with Crippen LogP contribution >= 0.6 is 10.8 Å². The van der Waals surface area contributed by atoms with Crippen molar-refractivity contribution in [3.63, 3.8) is 0 Å². The molecule has 0 unspecified atom stereocenters. The molecule has 4 nitrogen and oxygen atoms in total. The van der Waals surface area contributed by atoms with Crippen molar-refractivity contribution in [1.82, 2.24) is 0 Å². The molecule has 0 aliphatic heterocycles. The van der Waals surface area contributed by atoms with Gasteiger partial charge in [-0.15, -0.1) is 0 Å². The molecular weight excluding hydrogens is 176 g/mol. The minimum Gasteiger partial charge on any atom is -0.481 e. The second-order valence-electron chi connectivity index (χ2n) is 1.49. The molecule has 0 aromatic rings. The van der Waals surface area contributed by atoms with Crippen LogP contribution < -0.4 is 0 Å². The highest BCUT2D eigenvalue weighted by Crippen LogP contribution is 2.10. The van der Waals surface area contributed by atoms with Crippen molar-refractivity contribution in [3.8, 4) is 0 Å². The Bertz CT molecular complexity index is 205. The van der Waals surface area contributed by atoms with Crippen LogP contribution in [0.3, 0.4) is 0 Å². The molecule has 0 saturated carbocycles. The van der Waals surface area contributed by atoms with E-state index in [4.69, 9.17) is 11.4 Å². The molecule has 0 atom stereocenters. The number of carboxylic acids is 1. The van der Waals surface area contributed by atoms with Crippen molar-refractivity contribution < 1.29 is 18.3 Å². The molecule has 57 valence electrons. The number of rotatable bonds is 4. The summed E-state index contributed by atoms with van der Waals surface area (Å²) in [5, 5.41) is 8.04. The molecule has 0 saturated heterocycles. The number of carboxylic acid groups (broad SMARTS) is 1. The lowest BCUT2D eigenvalue weighted by Crippen LogP contribution is -2.05. The van der Waals surface area contributed by atoms with E-state index in [1.807, 2.05) is 0 Å². The van der Waals surface area contributed by atoms with Crippen LogP contribution in [0.1, 0.15) is 6.42 Å². The van der Waals surface area contributed by atoms with Crippen LogP contribution in [0, 0.1) is 6.26 Å². The van der Waals surface area contributed by atoms with Crippen LogP contribution in [0.15, 0.2) is 0 Å². The van der Waals surface area contributed by atoms with E-state index in [-0.39, 0.29) is 10.8 Å². The summed E-state index contributed by atoms with van der Waals surface area (Å²) in [7, 11) is -3.58. The summed E-state index contributed by atoms with van der Waals surface area (Å²) in [4.78, 5) is 9.83. The molecule has 0 fully saturated rings. The predicted octanol–water partition coefficient (Wildman–Crippen LogP) is 0.0697. The Morgan fingerprint density at radius 3 is 2.40 bits per heavy atom. The molecule has 0 rings (SSSR count). The molecule has 0 aliphatic carbocycles. The SMILES string of the molecule is [C]SS(=O)(=O)CCC(=O)O. The van der Waals surface area contributed by atoms with Crippen molar-refractivity contribution in [2.75, 3.05) is 5.75 Å². The summed E-state index contributed by atoms with van der Waals surface area (Å²) >= 11 is 0. The number of hydrogen-bond acceptors (Lipinski definition) is 4. The van der Waals surface area contributed by atoms with Crippen molar-refractivity contribution in [2.45, 2.75) is 6.42 Å². The maximum absolute atomic E-state index is 10.4. The Morgan fingerprint density at radius 1 is 1.60 bits per heavy atom. The number of hydrogen-bond donors (Lipinski definition) is 1. The summed E-state index contributed by atoms with van der Waals surface area (Å²) in [6, 6.07) is 0. The van der Waals surface area contributed by atoms with E-state index in [0.717, 1.165) is 0 Å². The molecule has 0 aromatic carbocycles. The third-order valence-electron chi connectivity index (χ3n) is 0.693. The largest absolute Gasteiger partial charge is 0.481 e. The van der Waals surface area contributed by atoms with Gasteiger partial charge < -0.3 is 5.11 Å². The first kappa shape index (κ1) is 9.77. The molecule has 0 bridgehead atoms. The fraction of sp³-hybridized carbons (Fsp3) is 0.500. The number of carbonyl (C=O) groups is 1. The standard InChI is InChI=1S/C4H5O4S2/c1-9-10(7,8)3-2-4(5)6/h2-3H2,(H,5,6). The van der Waals surface area contributed by atoms with E-state index in [1.54, 1.807) is 0 Å². The summed E-state index contributed by atoms with van der Waals surface area (Å²) < 4.78 is 20.8. The average Bonchev–Trinajstić information content (AvgIpc) is 1.85. The van der Waals surface area contributed by atoms with Crippen LogP contribution in [0.5, 0.6) is 0 Å². The van der Waals surface area contributed by atoms with E-state index in [2.05, 4.69) is 0 Å². The molecule has 10 heavy (non-hydrogen) atoms. The molecule has 0 aliphatic rings. The fourth-order valence-electron chi connectivity index (χ4n) is 0.254. The van der Waals surface area contributed by atoms with Gasteiger partial charge in [0.1, 0.15) is 0 Å². The van der Waals surface area contributed by atoms with Crippen molar-refractivity contribution in [2.24, 2.45) is 0 Å². The van der Waals surface area contributed by atoms with Crippen molar-refractivity contribution >= 4 is 25.6 Å². The normalized spacial score (nSPS) is 11.3. The first-order chi connectivity index (χ1) is 4.48. The van der Waals surface area contributed by atoms with Gasteiger partial charge in [-0.1, -0.05) is 0 Å². The van der Waals surface area contributed by atoms with Gasteiger partial charge in [0.25, 0.3) is 0 Å². The number of aliphatic carboxylic acids is 1. The lowest BCUT2D eigenvalue weighted by Gasteiger charge is -1.93. The van der Waals surface area contributed by atoms with Crippen LogP contribution in [0.4, 0.5) is 0 Å². The molecule has 0 amide bonds. The van der Waals surface area contributed by atoms with Crippen LogP contribution in [-0.4, -0.2) is 25.2 Å². The van der Waals surface area contributed by atoms with Gasteiger partial charge in [0.2, 0.25) is 8.87 Å². The second-order valence-corrected chi connectivity index (χ2v) is 5.20. The van der Waals surface area contributed by atoms with Gasteiger partial charge in [0.05, 0.1) is 18.4 Å².